The minimum Gasteiger partial charge on any atom is -0.0587 e. The zero-order valence-electron chi connectivity index (χ0n) is 7.81. The zero-order chi connectivity index (χ0) is 8.43. The van der Waals surface area contributed by atoms with Gasteiger partial charge in [-0.25, -0.2) is 0 Å². The van der Waals surface area contributed by atoms with E-state index in [2.05, 4.69) is 45.9 Å². The van der Waals surface area contributed by atoms with E-state index in [-0.39, 0.29) is 1.43 Å². The Hall–Kier alpha value is -0.780. The molecule has 0 spiro atoms. The molecule has 0 aromatic heterocycles. The molecular formula is C11H18. The maximum Gasteiger partial charge on any atom is 0 e. The largest absolute Gasteiger partial charge is 0.0587 e. The van der Waals surface area contributed by atoms with Gasteiger partial charge in [0.15, 0.2) is 0 Å². The van der Waals surface area contributed by atoms with Gasteiger partial charge in [-0.3, -0.25) is 0 Å². The molecule has 0 aliphatic carbocycles. The molecule has 0 N–H and O–H groups in total. The molecule has 0 saturated heterocycles. The SMILES string of the molecule is Cc1cc(C)cc(C(C)C)c1.[HH]. The summed E-state index contributed by atoms with van der Waals surface area (Å²) in [5, 5.41) is 0. The summed E-state index contributed by atoms with van der Waals surface area (Å²) in [7, 11) is 0. The van der Waals surface area contributed by atoms with Crippen LogP contribution < -0.4 is 0 Å². The van der Waals surface area contributed by atoms with Gasteiger partial charge < -0.3 is 0 Å². The molecule has 0 bridgehead atoms. The standard InChI is InChI=1S/C11H16.H2/c1-8(2)11-6-9(3)5-10(4)7-11;/h5-8H,1-4H3;1H. The topological polar surface area (TPSA) is 0 Å². The van der Waals surface area contributed by atoms with E-state index in [4.69, 9.17) is 0 Å². The summed E-state index contributed by atoms with van der Waals surface area (Å²) in [4.78, 5) is 0. The van der Waals surface area contributed by atoms with E-state index in [1.165, 1.54) is 16.7 Å². The highest BCUT2D eigenvalue weighted by Gasteiger charge is 1.99. The Morgan fingerprint density at radius 2 is 1.45 bits per heavy atom. The number of benzene rings is 1. The Morgan fingerprint density at radius 3 is 1.82 bits per heavy atom. The van der Waals surface area contributed by atoms with Crippen molar-refractivity contribution in [1.29, 1.82) is 0 Å². The van der Waals surface area contributed by atoms with Crippen molar-refractivity contribution in [2.24, 2.45) is 0 Å². The molecule has 0 aliphatic heterocycles. The van der Waals surface area contributed by atoms with Gasteiger partial charge in [0.05, 0.1) is 0 Å². The first-order valence-corrected chi connectivity index (χ1v) is 4.18. The molecule has 0 nitrogen and oxygen atoms in total. The number of hydrogen-bond donors (Lipinski definition) is 0. The monoisotopic (exact) mass is 150 g/mol. The second-order valence-electron chi connectivity index (χ2n) is 3.58. The molecule has 0 saturated carbocycles. The number of hydrogen-bond acceptors (Lipinski definition) is 0. The van der Waals surface area contributed by atoms with Crippen LogP contribution in [0.1, 0.15) is 37.9 Å². The fourth-order valence-corrected chi connectivity index (χ4v) is 1.34. The van der Waals surface area contributed by atoms with Crippen molar-refractivity contribution in [3.8, 4) is 0 Å². The highest BCUT2D eigenvalue weighted by molar-refractivity contribution is 5.30. The Kier molecular flexibility index (Phi) is 2.33. The zero-order valence-corrected chi connectivity index (χ0v) is 7.81. The van der Waals surface area contributed by atoms with Gasteiger partial charge in [0, 0.05) is 1.43 Å². The Labute approximate surface area is 70.7 Å². The first kappa shape index (κ1) is 8.32. The van der Waals surface area contributed by atoms with Gasteiger partial charge in [0.25, 0.3) is 0 Å². The van der Waals surface area contributed by atoms with Crippen LogP contribution in [-0.2, 0) is 0 Å². The normalized spacial score (nSPS) is 10.6. The maximum atomic E-state index is 2.26. The van der Waals surface area contributed by atoms with Crippen LogP contribution in [0.3, 0.4) is 0 Å². The van der Waals surface area contributed by atoms with Crippen LogP contribution >= 0.6 is 0 Å². The molecule has 1 aromatic rings. The lowest BCUT2D eigenvalue weighted by Crippen LogP contribution is -1.89. The van der Waals surface area contributed by atoms with Crippen molar-refractivity contribution in [2.75, 3.05) is 0 Å². The summed E-state index contributed by atoms with van der Waals surface area (Å²) in [5.74, 6) is 0.647. The Bertz CT molecular complexity index is 231. The predicted octanol–water partition coefficient (Wildman–Crippen LogP) is 3.67. The van der Waals surface area contributed by atoms with Crippen molar-refractivity contribution in [3.63, 3.8) is 0 Å². The average Bonchev–Trinajstić information content (AvgIpc) is 1.85. The molecule has 1 aromatic carbocycles. The molecule has 62 valence electrons. The van der Waals surface area contributed by atoms with Crippen LogP contribution in [0, 0.1) is 13.8 Å². The van der Waals surface area contributed by atoms with Crippen LogP contribution in [0.2, 0.25) is 0 Å². The van der Waals surface area contributed by atoms with Crippen LogP contribution in [0.25, 0.3) is 0 Å². The first-order chi connectivity index (χ1) is 5.09. The van der Waals surface area contributed by atoms with Crippen molar-refractivity contribution in [2.45, 2.75) is 33.6 Å². The van der Waals surface area contributed by atoms with E-state index in [1.807, 2.05) is 0 Å². The van der Waals surface area contributed by atoms with Gasteiger partial charge in [0.2, 0.25) is 0 Å². The van der Waals surface area contributed by atoms with E-state index in [9.17, 15) is 0 Å². The van der Waals surface area contributed by atoms with Crippen molar-refractivity contribution in [3.05, 3.63) is 34.9 Å². The van der Waals surface area contributed by atoms with Crippen LogP contribution in [0.5, 0.6) is 0 Å². The molecule has 0 radical (unpaired) electrons. The maximum absolute atomic E-state index is 2.26. The minimum atomic E-state index is 0. The molecule has 0 amide bonds. The molecule has 0 heteroatoms. The fraction of sp³-hybridized carbons (Fsp3) is 0.455. The highest BCUT2D eigenvalue weighted by atomic mass is 14.0. The van der Waals surface area contributed by atoms with Gasteiger partial charge in [-0.2, -0.15) is 0 Å². The van der Waals surface area contributed by atoms with Crippen molar-refractivity contribution < 1.29 is 1.43 Å². The second kappa shape index (κ2) is 3.08. The predicted molar refractivity (Wildman–Crippen MR) is 52.1 cm³/mol. The van der Waals surface area contributed by atoms with E-state index in [0.717, 1.165) is 0 Å². The van der Waals surface area contributed by atoms with Crippen LogP contribution in [0.15, 0.2) is 18.2 Å². The van der Waals surface area contributed by atoms with Gasteiger partial charge in [-0.1, -0.05) is 43.2 Å². The Morgan fingerprint density at radius 1 is 1.00 bits per heavy atom. The molecule has 0 atom stereocenters. The fourth-order valence-electron chi connectivity index (χ4n) is 1.34. The summed E-state index contributed by atoms with van der Waals surface area (Å²) in [6, 6.07) is 6.74. The first-order valence-electron chi connectivity index (χ1n) is 4.18. The molecule has 11 heavy (non-hydrogen) atoms. The van der Waals surface area contributed by atoms with Gasteiger partial charge in [-0.05, 0) is 25.3 Å². The minimum absolute atomic E-state index is 0. The average molecular weight is 150 g/mol. The molecule has 0 unspecified atom stereocenters. The third kappa shape index (κ3) is 2.07. The third-order valence-corrected chi connectivity index (χ3v) is 1.91. The Balaban J connectivity index is 0.00000121. The molecule has 1 rings (SSSR count). The third-order valence-electron chi connectivity index (χ3n) is 1.91. The number of rotatable bonds is 1. The molecule has 0 aliphatic rings. The van der Waals surface area contributed by atoms with E-state index >= 15 is 0 Å². The van der Waals surface area contributed by atoms with E-state index in [0.29, 0.717) is 5.92 Å². The van der Waals surface area contributed by atoms with E-state index < -0.39 is 0 Å². The van der Waals surface area contributed by atoms with Gasteiger partial charge in [0.1, 0.15) is 0 Å². The lowest BCUT2D eigenvalue weighted by Gasteiger charge is -2.07. The lowest BCUT2D eigenvalue weighted by molar-refractivity contribution is 0.863. The number of aryl methyl sites for hydroxylation is 2. The van der Waals surface area contributed by atoms with Gasteiger partial charge >= 0.3 is 0 Å². The van der Waals surface area contributed by atoms with Crippen molar-refractivity contribution in [1.82, 2.24) is 0 Å². The summed E-state index contributed by atoms with van der Waals surface area (Å²) >= 11 is 0. The summed E-state index contributed by atoms with van der Waals surface area (Å²) in [5.41, 5.74) is 4.19. The van der Waals surface area contributed by atoms with Crippen LogP contribution in [-0.4, -0.2) is 0 Å². The molecule has 0 heterocycles. The lowest BCUT2D eigenvalue weighted by atomic mass is 9.99. The second-order valence-corrected chi connectivity index (χ2v) is 3.58. The molecular weight excluding hydrogens is 132 g/mol. The van der Waals surface area contributed by atoms with Crippen LogP contribution in [0.4, 0.5) is 0 Å². The summed E-state index contributed by atoms with van der Waals surface area (Å²) < 4.78 is 0. The van der Waals surface area contributed by atoms with Crippen molar-refractivity contribution >= 4 is 0 Å². The molecule has 0 fully saturated rings. The van der Waals surface area contributed by atoms with Gasteiger partial charge in [-0.15, -0.1) is 0 Å². The summed E-state index contributed by atoms with van der Waals surface area (Å²) in [6.07, 6.45) is 0. The smallest absolute Gasteiger partial charge is 0 e. The quantitative estimate of drug-likeness (QED) is 0.573. The summed E-state index contributed by atoms with van der Waals surface area (Å²) in [6.45, 7) is 8.76. The van der Waals surface area contributed by atoms with E-state index in [1.54, 1.807) is 0 Å². The highest BCUT2D eigenvalue weighted by Crippen LogP contribution is 2.17.